The fraction of sp³-hybridized carbons (Fsp3) is 0.176. The van der Waals surface area contributed by atoms with Crippen molar-refractivity contribution in [2.75, 3.05) is 6.61 Å². The van der Waals surface area contributed by atoms with E-state index in [1.165, 1.54) is 4.52 Å². The second-order valence-corrected chi connectivity index (χ2v) is 5.39. The van der Waals surface area contributed by atoms with Crippen molar-refractivity contribution in [3.8, 4) is 17.2 Å². The van der Waals surface area contributed by atoms with Crippen molar-refractivity contribution in [3.63, 3.8) is 0 Å². The van der Waals surface area contributed by atoms with E-state index < -0.39 is 5.97 Å². The molecule has 3 aromatic rings. The van der Waals surface area contributed by atoms with Crippen LogP contribution in [0.1, 0.15) is 28.7 Å². The van der Waals surface area contributed by atoms with Crippen LogP contribution in [0.15, 0.2) is 30.3 Å². The summed E-state index contributed by atoms with van der Waals surface area (Å²) < 4.78 is 6.22. The molecule has 3 rings (SSSR count). The van der Waals surface area contributed by atoms with Crippen LogP contribution in [0.2, 0.25) is 5.15 Å². The zero-order valence-electron chi connectivity index (χ0n) is 13.1. The zero-order valence-corrected chi connectivity index (χ0v) is 13.8. The molecule has 1 aromatic carbocycles. The number of hydrogen-bond donors (Lipinski definition) is 0. The number of ether oxygens (including phenoxy) is 1. The first-order chi connectivity index (χ1) is 11.6. The van der Waals surface area contributed by atoms with Gasteiger partial charge in [-0.1, -0.05) is 41.9 Å². The lowest BCUT2D eigenvalue weighted by Crippen LogP contribution is -2.07. The molecular formula is C17H13ClN4O2. The number of fused-ring (bicyclic) bond motifs is 1. The van der Waals surface area contributed by atoms with Gasteiger partial charge in [0.15, 0.2) is 5.65 Å². The number of esters is 1. The second kappa shape index (κ2) is 6.30. The van der Waals surface area contributed by atoms with E-state index in [9.17, 15) is 10.1 Å². The van der Waals surface area contributed by atoms with Crippen LogP contribution in [0.4, 0.5) is 0 Å². The molecule has 2 aromatic heterocycles. The summed E-state index contributed by atoms with van der Waals surface area (Å²) in [5.74, 6) is -0.778. The summed E-state index contributed by atoms with van der Waals surface area (Å²) in [6.45, 7) is 3.70. The predicted octanol–water partition coefficient (Wildman–Crippen LogP) is 3.41. The molecule has 0 N–H and O–H groups in total. The van der Waals surface area contributed by atoms with E-state index in [2.05, 4.69) is 16.2 Å². The number of nitrogens with zero attached hydrogens (tertiary/aromatic N) is 4. The van der Waals surface area contributed by atoms with Crippen LogP contribution < -0.4 is 0 Å². The Hall–Kier alpha value is -2.91. The van der Waals surface area contributed by atoms with Gasteiger partial charge in [-0.15, -0.1) is 5.10 Å². The lowest BCUT2D eigenvalue weighted by Gasteiger charge is -2.11. The van der Waals surface area contributed by atoms with E-state index in [0.717, 1.165) is 5.56 Å². The minimum atomic E-state index is -0.653. The SMILES string of the molecule is CCOC(=O)c1nc2c(C#N)c(C)c(-c3ccccc3)c(Cl)n2n1. The molecule has 0 aliphatic carbocycles. The van der Waals surface area contributed by atoms with Crippen LogP contribution in [0.5, 0.6) is 0 Å². The van der Waals surface area contributed by atoms with E-state index in [1.807, 2.05) is 30.3 Å². The maximum Gasteiger partial charge on any atom is 0.378 e. The van der Waals surface area contributed by atoms with Crippen molar-refractivity contribution in [1.82, 2.24) is 14.6 Å². The number of pyridine rings is 1. The maximum atomic E-state index is 11.9. The van der Waals surface area contributed by atoms with Crippen LogP contribution >= 0.6 is 11.6 Å². The molecule has 120 valence electrons. The number of carbonyl (C=O) groups is 1. The quantitative estimate of drug-likeness (QED) is 0.539. The minimum absolute atomic E-state index is 0.125. The number of benzene rings is 1. The van der Waals surface area contributed by atoms with Gasteiger partial charge < -0.3 is 4.74 Å². The average molecular weight is 341 g/mol. The fourth-order valence-corrected chi connectivity index (χ4v) is 2.89. The van der Waals surface area contributed by atoms with Gasteiger partial charge in [0.25, 0.3) is 5.82 Å². The summed E-state index contributed by atoms with van der Waals surface area (Å²) in [5, 5.41) is 13.9. The Bertz CT molecular complexity index is 974. The van der Waals surface area contributed by atoms with E-state index in [4.69, 9.17) is 16.3 Å². The summed E-state index contributed by atoms with van der Waals surface area (Å²) in [5.41, 5.74) is 2.78. The van der Waals surface area contributed by atoms with E-state index >= 15 is 0 Å². The number of rotatable bonds is 3. The second-order valence-electron chi connectivity index (χ2n) is 5.03. The lowest BCUT2D eigenvalue weighted by molar-refractivity contribution is 0.0512. The molecule has 0 amide bonds. The van der Waals surface area contributed by atoms with Crippen molar-refractivity contribution in [2.45, 2.75) is 13.8 Å². The first-order valence-corrected chi connectivity index (χ1v) is 7.67. The molecule has 0 saturated heterocycles. The summed E-state index contributed by atoms with van der Waals surface area (Å²) in [4.78, 5) is 16.0. The highest BCUT2D eigenvalue weighted by molar-refractivity contribution is 6.32. The average Bonchev–Trinajstić information content (AvgIpc) is 3.02. The smallest absolute Gasteiger partial charge is 0.378 e. The number of aromatic nitrogens is 3. The van der Waals surface area contributed by atoms with Gasteiger partial charge in [0.05, 0.1) is 6.61 Å². The third-order valence-corrected chi connectivity index (χ3v) is 3.95. The Kier molecular flexibility index (Phi) is 4.19. The molecule has 0 aliphatic rings. The van der Waals surface area contributed by atoms with E-state index in [1.54, 1.807) is 13.8 Å². The van der Waals surface area contributed by atoms with E-state index in [0.29, 0.717) is 16.7 Å². The monoisotopic (exact) mass is 340 g/mol. The molecule has 0 bridgehead atoms. The molecule has 24 heavy (non-hydrogen) atoms. The normalized spacial score (nSPS) is 10.6. The molecule has 0 radical (unpaired) electrons. The summed E-state index contributed by atoms with van der Waals surface area (Å²) in [6.07, 6.45) is 0. The van der Waals surface area contributed by atoms with Crippen LogP contribution in [0.25, 0.3) is 16.8 Å². The van der Waals surface area contributed by atoms with Crippen molar-refractivity contribution in [1.29, 1.82) is 5.26 Å². The Morgan fingerprint density at radius 2 is 2.08 bits per heavy atom. The number of halogens is 1. The zero-order chi connectivity index (χ0) is 17.3. The summed E-state index contributed by atoms with van der Waals surface area (Å²) in [6, 6.07) is 11.6. The van der Waals surface area contributed by atoms with Crippen molar-refractivity contribution < 1.29 is 9.53 Å². The van der Waals surface area contributed by atoms with Crippen LogP contribution in [-0.2, 0) is 4.74 Å². The van der Waals surface area contributed by atoms with E-state index in [-0.39, 0.29) is 23.2 Å². The van der Waals surface area contributed by atoms with Gasteiger partial charge in [-0.05, 0) is 25.0 Å². The third-order valence-electron chi connectivity index (χ3n) is 3.61. The first kappa shape index (κ1) is 16.0. The largest absolute Gasteiger partial charge is 0.460 e. The lowest BCUT2D eigenvalue weighted by atomic mass is 9.99. The Morgan fingerprint density at radius 3 is 2.71 bits per heavy atom. The number of carbonyl (C=O) groups excluding carboxylic acids is 1. The Labute approximate surface area is 143 Å². The van der Waals surface area contributed by atoms with Crippen molar-refractivity contribution in [2.24, 2.45) is 0 Å². The molecule has 7 heteroatoms. The van der Waals surface area contributed by atoms with Gasteiger partial charge >= 0.3 is 5.97 Å². The molecule has 2 heterocycles. The molecule has 0 fully saturated rings. The highest BCUT2D eigenvalue weighted by Crippen LogP contribution is 2.34. The number of nitriles is 1. The molecular weight excluding hydrogens is 328 g/mol. The minimum Gasteiger partial charge on any atom is -0.460 e. The highest BCUT2D eigenvalue weighted by Gasteiger charge is 2.23. The summed E-state index contributed by atoms with van der Waals surface area (Å²) >= 11 is 6.50. The van der Waals surface area contributed by atoms with Crippen molar-refractivity contribution in [3.05, 3.63) is 52.4 Å². The van der Waals surface area contributed by atoms with Gasteiger partial charge in [-0.2, -0.15) is 14.8 Å². The van der Waals surface area contributed by atoms with Crippen molar-refractivity contribution >= 4 is 23.2 Å². The summed E-state index contributed by atoms with van der Waals surface area (Å²) in [7, 11) is 0. The van der Waals surface area contributed by atoms with Gasteiger partial charge in [0.2, 0.25) is 0 Å². The molecule has 0 spiro atoms. The highest BCUT2D eigenvalue weighted by atomic mass is 35.5. The van der Waals surface area contributed by atoms with Crippen LogP contribution in [0.3, 0.4) is 0 Å². The van der Waals surface area contributed by atoms with Gasteiger partial charge in [-0.3, -0.25) is 0 Å². The molecule has 0 atom stereocenters. The van der Waals surface area contributed by atoms with Gasteiger partial charge in [0.1, 0.15) is 16.8 Å². The molecule has 0 aliphatic heterocycles. The maximum absolute atomic E-state index is 11.9. The Balaban J connectivity index is 2.33. The van der Waals surface area contributed by atoms with Crippen LogP contribution in [-0.4, -0.2) is 27.2 Å². The number of hydrogen-bond acceptors (Lipinski definition) is 5. The predicted molar refractivity (Wildman–Crippen MR) is 88.8 cm³/mol. The van der Waals surface area contributed by atoms with Gasteiger partial charge in [-0.25, -0.2) is 4.79 Å². The topological polar surface area (TPSA) is 80.3 Å². The Morgan fingerprint density at radius 1 is 1.38 bits per heavy atom. The standard InChI is InChI=1S/C17H13ClN4O2/c1-3-24-17(23)15-20-16-12(9-19)10(2)13(14(18)22(16)21-15)11-7-5-4-6-8-11/h4-8H,3H2,1-2H3. The third kappa shape index (κ3) is 2.49. The molecule has 0 saturated carbocycles. The molecule has 6 nitrogen and oxygen atoms in total. The first-order valence-electron chi connectivity index (χ1n) is 7.30. The fourth-order valence-electron chi connectivity index (χ4n) is 2.52. The van der Waals surface area contributed by atoms with Crippen LogP contribution in [0, 0.1) is 18.3 Å². The molecule has 0 unspecified atom stereocenters. The van der Waals surface area contributed by atoms with Gasteiger partial charge in [0, 0.05) is 5.56 Å².